The number of rotatable bonds is 5. The van der Waals surface area contributed by atoms with Crippen LogP contribution in [0.4, 0.5) is 0 Å². The maximum absolute atomic E-state index is 5.62. The molecule has 4 nitrogen and oxygen atoms in total. The van der Waals surface area contributed by atoms with Crippen molar-refractivity contribution in [2.45, 2.75) is 47.2 Å². The largest absolute Gasteiger partial charge is 0.444 e. The van der Waals surface area contributed by atoms with Gasteiger partial charge in [0.25, 0.3) is 0 Å². The second kappa shape index (κ2) is 6.18. The molecule has 20 heavy (non-hydrogen) atoms. The predicted octanol–water partition coefficient (Wildman–Crippen LogP) is 3.48. The van der Waals surface area contributed by atoms with Gasteiger partial charge in [-0.1, -0.05) is 19.9 Å². The number of nitrogens with zero attached hydrogens (tertiary/aromatic N) is 2. The Balaban J connectivity index is 2.13. The molecule has 2 aromatic heterocycles. The molecule has 2 rings (SSSR count). The van der Waals surface area contributed by atoms with Crippen molar-refractivity contribution in [2.24, 2.45) is 5.92 Å². The lowest BCUT2D eigenvalue weighted by Crippen LogP contribution is -2.27. The van der Waals surface area contributed by atoms with Gasteiger partial charge < -0.3 is 4.42 Å². The fraction of sp³-hybridized carbons (Fsp3) is 0.500. The van der Waals surface area contributed by atoms with E-state index in [1.165, 1.54) is 5.56 Å². The van der Waals surface area contributed by atoms with Crippen molar-refractivity contribution in [3.63, 3.8) is 0 Å². The summed E-state index contributed by atoms with van der Waals surface area (Å²) in [6.07, 6.45) is 1.85. The molecule has 0 saturated heterocycles. The SMILES string of the molecule is Cc1cccnc1[C@@H](NCc1nc(C)c(C)o1)C(C)C. The lowest BCUT2D eigenvalue weighted by Gasteiger charge is -2.22. The Morgan fingerprint density at radius 1 is 1.25 bits per heavy atom. The smallest absolute Gasteiger partial charge is 0.208 e. The van der Waals surface area contributed by atoms with Crippen LogP contribution in [0.25, 0.3) is 0 Å². The summed E-state index contributed by atoms with van der Waals surface area (Å²) in [6, 6.07) is 4.26. The molecule has 0 aromatic carbocycles. The molecule has 2 aromatic rings. The first-order valence-corrected chi connectivity index (χ1v) is 7.07. The highest BCUT2D eigenvalue weighted by atomic mass is 16.4. The number of hydrogen-bond acceptors (Lipinski definition) is 4. The van der Waals surface area contributed by atoms with Crippen LogP contribution < -0.4 is 5.32 Å². The summed E-state index contributed by atoms with van der Waals surface area (Å²) in [5.74, 6) is 2.07. The van der Waals surface area contributed by atoms with E-state index in [2.05, 4.69) is 42.1 Å². The Kier molecular flexibility index (Phi) is 4.55. The van der Waals surface area contributed by atoms with Gasteiger partial charge in [-0.05, 0) is 38.3 Å². The summed E-state index contributed by atoms with van der Waals surface area (Å²) < 4.78 is 5.62. The van der Waals surface area contributed by atoms with Gasteiger partial charge >= 0.3 is 0 Å². The van der Waals surface area contributed by atoms with Gasteiger partial charge in [0.05, 0.1) is 24.0 Å². The minimum Gasteiger partial charge on any atom is -0.444 e. The quantitative estimate of drug-likeness (QED) is 0.906. The van der Waals surface area contributed by atoms with Crippen LogP contribution in [0.3, 0.4) is 0 Å². The molecule has 0 spiro atoms. The van der Waals surface area contributed by atoms with Gasteiger partial charge in [0.1, 0.15) is 5.76 Å². The molecule has 0 saturated carbocycles. The average Bonchev–Trinajstić information content (AvgIpc) is 2.71. The fourth-order valence-corrected chi connectivity index (χ4v) is 2.28. The molecule has 1 atom stereocenters. The van der Waals surface area contributed by atoms with E-state index in [0.717, 1.165) is 23.0 Å². The molecule has 0 amide bonds. The minimum absolute atomic E-state index is 0.198. The van der Waals surface area contributed by atoms with Crippen molar-refractivity contribution in [3.8, 4) is 0 Å². The van der Waals surface area contributed by atoms with E-state index in [1.54, 1.807) is 0 Å². The molecule has 2 heterocycles. The highest BCUT2D eigenvalue weighted by Gasteiger charge is 2.19. The van der Waals surface area contributed by atoms with Crippen LogP contribution in [-0.4, -0.2) is 9.97 Å². The Hall–Kier alpha value is -1.68. The standard InChI is InChI=1S/C16H23N3O/c1-10(2)15(16-11(3)7-6-8-17-16)18-9-14-19-12(4)13(5)20-14/h6-8,10,15,18H,9H2,1-5H3/t15-/m0/s1. The zero-order chi connectivity index (χ0) is 14.7. The van der Waals surface area contributed by atoms with Gasteiger partial charge in [-0.25, -0.2) is 4.98 Å². The summed E-state index contributed by atoms with van der Waals surface area (Å²) in [6.45, 7) is 11.0. The zero-order valence-corrected chi connectivity index (χ0v) is 12.9. The van der Waals surface area contributed by atoms with Gasteiger partial charge in [-0.3, -0.25) is 10.3 Å². The van der Waals surface area contributed by atoms with E-state index in [-0.39, 0.29) is 6.04 Å². The van der Waals surface area contributed by atoms with Crippen molar-refractivity contribution in [2.75, 3.05) is 0 Å². The Bertz CT molecular complexity index is 555. The molecule has 1 N–H and O–H groups in total. The predicted molar refractivity (Wildman–Crippen MR) is 79.4 cm³/mol. The number of pyridine rings is 1. The van der Waals surface area contributed by atoms with Crippen LogP contribution in [0.2, 0.25) is 0 Å². The van der Waals surface area contributed by atoms with Crippen molar-refractivity contribution in [1.29, 1.82) is 0 Å². The fourth-order valence-electron chi connectivity index (χ4n) is 2.28. The van der Waals surface area contributed by atoms with Crippen LogP contribution in [0.15, 0.2) is 22.7 Å². The summed E-state index contributed by atoms with van der Waals surface area (Å²) in [7, 11) is 0. The Morgan fingerprint density at radius 2 is 2.00 bits per heavy atom. The topological polar surface area (TPSA) is 51.0 Å². The molecule has 0 aliphatic carbocycles. The van der Waals surface area contributed by atoms with E-state index in [9.17, 15) is 0 Å². The maximum atomic E-state index is 5.62. The Labute approximate surface area is 120 Å². The van der Waals surface area contributed by atoms with E-state index in [1.807, 2.05) is 26.1 Å². The van der Waals surface area contributed by atoms with Crippen molar-refractivity contribution >= 4 is 0 Å². The molecule has 0 fully saturated rings. The van der Waals surface area contributed by atoms with Crippen LogP contribution in [-0.2, 0) is 6.54 Å². The number of oxazole rings is 1. The molecule has 0 radical (unpaired) electrons. The highest BCUT2D eigenvalue weighted by Crippen LogP contribution is 2.23. The molecule has 0 aliphatic rings. The molecular formula is C16H23N3O. The van der Waals surface area contributed by atoms with Crippen molar-refractivity contribution < 1.29 is 4.42 Å². The first-order chi connectivity index (χ1) is 9.49. The second-order valence-electron chi connectivity index (χ2n) is 5.56. The molecular weight excluding hydrogens is 250 g/mol. The van der Waals surface area contributed by atoms with Crippen LogP contribution >= 0.6 is 0 Å². The van der Waals surface area contributed by atoms with Crippen molar-refractivity contribution in [1.82, 2.24) is 15.3 Å². The lowest BCUT2D eigenvalue weighted by atomic mass is 9.97. The van der Waals surface area contributed by atoms with Gasteiger partial charge in [0.15, 0.2) is 0 Å². The summed E-state index contributed by atoms with van der Waals surface area (Å²) in [5.41, 5.74) is 3.26. The first-order valence-electron chi connectivity index (χ1n) is 7.07. The number of aryl methyl sites for hydroxylation is 3. The minimum atomic E-state index is 0.198. The monoisotopic (exact) mass is 273 g/mol. The van der Waals surface area contributed by atoms with Gasteiger partial charge in [-0.15, -0.1) is 0 Å². The molecule has 0 unspecified atom stereocenters. The first kappa shape index (κ1) is 14.7. The van der Waals surface area contributed by atoms with E-state index >= 15 is 0 Å². The summed E-state index contributed by atoms with van der Waals surface area (Å²) in [5, 5.41) is 3.51. The van der Waals surface area contributed by atoms with E-state index in [4.69, 9.17) is 4.42 Å². The van der Waals surface area contributed by atoms with Gasteiger partial charge in [0.2, 0.25) is 5.89 Å². The van der Waals surface area contributed by atoms with Crippen LogP contribution in [0.1, 0.15) is 48.5 Å². The van der Waals surface area contributed by atoms with E-state index in [0.29, 0.717) is 12.5 Å². The average molecular weight is 273 g/mol. The van der Waals surface area contributed by atoms with Crippen LogP contribution in [0.5, 0.6) is 0 Å². The zero-order valence-electron chi connectivity index (χ0n) is 12.9. The van der Waals surface area contributed by atoms with E-state index < -0.39 is 0 Å². The normalized spacial score (nSPS) is 12.9. The third-order valence-electron chi connectivity index (χ3n) is 3.56. The van der Waals surface area contributed by atoms with Gasteiger partial charge in [0, 0.05) is 6.20 Å². The molecule has 4 heteroatoms. The third-order valence-corrected chi connectivity index (χ3v) is 3.56. The third kappa shape index (κ3) is 3.25. The number of aromatic nitrogens is 2. The number of hydrogen-bond donors (Lipinski definition) is 1. The summed E-state index contributed by atoms with van der Waals surface area (Å²) in [4.78, 5) is 8.93. The van der Waals surface area contributed by atoms with Crippen LogP contribution in [0, 0.1) is 26.7 Å². The molecule has 0 bridgehead atoms. The highest BCUT2D eigenvalue weighted by molar-refractivity contribution is 5.21. The molecule has 0 aliphatic heterocycles. The lowest BCUT2D eigenvalue weighted by molar-refractivity contribution is 0.367. The van der Waals surface area contributed by atoms with Crippen molar-refractivity contribution in [3.05, 3.63) is 46.9 Å². The van der Waals surface area contributed by atoms with Gasteiger partial charge in [-0.2, -0.15) is 0 Å². The second-order valence-corrected chi connectivity index (χ2v) is 5.56. The summed E-state index contributed by atoms with van der Waals surface area (Å²) >= 11 is 0. The number of nitrogens with one attached hydrogen (secondary N) is 1. The Morgan fingerprint density at radius 3 is 2.55 bits per heavy atom. The molecule has 108 valence electrons. The maximum Gasteiger partial charge on any atom is 0.208 e.